The summed E-state index contributed by atoms with van der Waals surface area (Å²) in [5.74, 6) is 0.998. The summed E-state index contributed by atoms with van der Waals surface area (Å²) in [6, 6.07) is 17.4. The summed E-state index contributed by atoms with van der Waals surface area (Å²) in [7, 11) is 0. The third kappa shape index (κ3) is 2.99. The highest BCUT2D eigenvalue weighted by atomic mass is 35.5. The van der Waals surface area contributed by atoms with Gasteiger partial charge in [0.1, 0.15) is 5.03 Å². The Bertz CT molecular complexity index is 828. The summed E-state index contributed by atoms with van der Waals surface area (Å²) in [4.78, 5) is 9.18. The van der Waals surface area contributed by atoms with Gasteiger partial charge in [0.05, 0.1) is 17.3 Å². The lowest BCUT2D eigenvalue weighted by Crippen LogP contribution is -1.94. The average Bonchev–Trinajstić information content (AvgIpc) is 2.53. The highest BCUT2D eigenvalue weighted by molar-refractivity contribution is 7.99. The Labute approximate surface area is 131 Å². The predicted molar refractivity (Wildman–Crippen MR) is 86.3 cm³/mol. The van der Waals surface area contributed by atoms with Gasteiger partial charge in [-0.15, -0.1) is 0 Å². The van der Waals surface area contributed by atoms with Gasteiger partial charge in [-0.1, -0.05) is 53.7 Å². The molecule has 1 aromatic heterocycles. The minimum absolute atomic E-state index is 0.340. The second kappa shape index (κ2) is 6.13. The number of benzene rings is 2. The largest absolute Gasteiger partial charge is 0.228 e. The van der Waals surface area contributed by atoms with Crippen molar-refractivity contribution in [3.63, 3.8) is 0 Å². The Balaban J connectivity index is 2.20. The molecule has 2 aromatic carbocycles. The van der Waals surface area contributed by atoms with Crippen molar-refractivity contribution in [3.05, 3.63) is 53.6 Å². The fourth-order valence-corrected chi connectivity index (χ4v) is 2.84. The molecule has 0 amide bonds. The van der Waals surface area contributed by atoms with Crippen molar-refractivity contribution in [1.82, 2.24) is 9.97 Å². The number of nitrogens with zero attached hydrogens (tertiary/aromatic N) is 3. The van der Waals surface area contributed by atoms with Crippen LogP contribution in [0.25, 0.3) is 22.3 Å². The molecule has 0 N–H and O–H groups in total. The highest BCUT2D eigenvalue weighted by Crippen LogP contribution is 2.29. The van der Waals surface area contributed by atoms with Gasteiger partial charge in [0, 0.05) is 16.0 Å². The quantitative estimate of drug-likeness (QED) is 0.525. The summed E-state index contributed by atoms with van der Waals surface area (Å²) < 4.78 is 0. The molecule has 102 valence electrons. The molecule has 5 heteroatoms. The molecule has 0 radical (unpaired) electrons. The van der Waals surface area contributed by atoms with E-state index in [-0.39, 0.29) is 0 Å². The zero-order chi connectivity index (χ0) is 14.7. The molecule has 0 spiro atoms. The van der Waals surface area contributed by atoms with E-state index in [0.717, 1.165) is 21.5 Å². The first-order valence-electron chi connectivity index (χ1n) is 6.30. The first kappa shape index (κ1) is 13.9. The van der Waals surface area contributed by atoms with Crippen LogP contribution in [0.15, 0.2) is 53.6 Å². The summed E-state index contributed by atoms with van der Waals surface area (Å²) in [6.45, 7) is 0. The lowest BCUT2D eigenvalue weighted by atomic mass is 10.2. The molecule has 3 rings (SSSR count). The van der Waals surface area contributed by atoms with Crippen LogP contribution in [-0.2, 0) is 0 Å². The van der Waals surface area contributed by atoms with Crippen LogP contribution in [0.2, 0.25) is 5.02 Å². The van der Waals surface area contributed by atoms with Crippen LogP contribution in [0.3, 0.4) is 0 Å². The first-order chi connectivity index (χ1) is 10.3. The van der Waals surface area contributed by atoms with Gasteiger partial charge in [-0.05, 0) is 18.2 Å². The van der Waals surface area contributed by atoms with Crippen molar-refractivity contribution in [2.45, 2.75) is 5.03 Å². The summed E-state index contributed by atoms with van der Waals surface area (Å²) in [5.41, 5.74) is 1.78. The van der Waals surface area contributed by atoms with Crippen molar-refractivity contribution in [2.24, 2.45) is 0 Å². The van der Waals surface area contributed by atoms with Gasteiger partial charge in [-0.2, -0.15) is 5.26 Å². The first-order valence-corrected chi connectivity index (χ1v) is 7.67. The van der Waals surface area contributed by atoms with Crippen LogP contribution in [0.5, 0.6) is 0 Å². The molecular weight excluding hydrogens is 302 g/mol. The van der Waals surface area contributed by atoms with E-state index in [1.807, 2.05) is 48.5 Å². The molecular formula is C16H10ClN3S. The van der Waals surface area contributed by atoms with E-state index in [0.29, 0.717) is 16.6 Å². The van der Waals surface area contributed by atoms with E-state index in [4.69, 9.17) is 16.9 Å². The number of rotatable bonds is 3. The summed E-state index contributed by atoms with van der Waals surface area (Å²) in [6.07, 6.45) is 0. The SMILES string of the molecule is N#CCSc1nc(-c2ccccc2)nc2ccc(Cl)cc12. The number of aromatic nitrogens is 2. The Kier molecular flexibility index (Phi) is 4.05. The predicted octanol–water partition coefficient (Wildman–Crippen LogP) is 4.57. The zero-order valence-corrected chi connectivity index (χ0v) is 12.5. The Hall–Kier alpha value is -2.09. The third-order valence-corrected chi connectivity index (χ3v) is 4.02. The van der Waals surface area contributed by atoms with Gasteiger partial charge in [0.25, 0.3) is 0 Å². The van der Waals surface area contributed by atoms with Crippen LogP contribution in [0.4, 0.5) is 0 Å². The number of hydrogen-bond acceptors (Lipinski definition) is 4. The topological polar surface area (TPSA) is 49.6 Å². The van der Waals surface area contributed by atoms with Gasteiger partial charge in [0.15, 0.2) is 5.82 Å². The second-order valence-electron chi connectivity index (χ2n) is 4.33. The van der Waals surface area contributed by atoms with E-state index in [9.17, 15) is 0 Å². The number of fused-ring (bicyclic) bond motifs is 1. The molecule has 0 unspecified atom stereocenters. The van der Waals surface area contributed by atoms with Gasteiger partial charge >= 0.3 is 0 Å². The lowest BCUT2D eigenvalue weighted by molar-refractivity contribution is 1.11. The summed E-state index contributed by atoms with van der Waals surface area (Å²) in [5, 5.41) is 11.1. The Morgan fingerprint density at radius 2 is 1.90 bits per heavy atom. The smallest absolute Gasteiger partial charge is 0.161 e. The fraction of sp³-hybridized carbons (Fsp3) is 0.0625. The minimum Gasteiger partial charge on any atom is -0.228 e. The Morgan fingerprint density at radius 3 is 2.67 bits per heavy atom. The maximum atomic E-state index is 8.80. The van der Waals surface area contributed by atoms with Crippen LogP contribution in [-0.4, -0.2) is 15.7 Å². The van der Waals surface area contributed by atoms with Crippen molar-refractivity contribution in [2.75, 3.05) is 5.75 Å². The standard InChI is InChI=1S/C16H10ClN3S/c17-12-6-7-14-13(10-12)16(21-9-8-18)20-15(19-14)11-4-2-1-3-5-11/h1-7,10H,9H2. The molecule has 21 heavy (non-hydrogen) atoms. The highest BCUT2D eigenvalue weighted by Gasteiger charge is 2.10. The van der Waals surface area contributed by atoms with Crippen LogP contribution in [0, 0.1) is 11.3 Å². The van der Waals surface area contributed by atoms with Crippen LogP contribution >= 0.6 is 23.4 Å². The fourth-order valence-electron chi connectivity index (χ4n) is 2.00. The summed E-state index contributed by atoms with van der Waals surface area (Å²) >= 11 is 7.45. The van der Waals surface area contributed by atoms with Crippen LogP contribution in [0.1, 0.15) is 0 Å². The average molecular weight is 312 g/mol. The molecule has 0 fully saturated rings. The van der Waals surface area contributed by atoms with Crippen molar-refractivity contribution >= 4 is 34.3 Å². The molecule has 1 heterocycles. The van der Waals surface area contributed by atoms with E-state index < -0.39 is 0 Å². The maximum Gasteiger partial charge on any atom is 0.161 e. The number of halogens is 1. The Morgan fingerprint density at radius 1 is 1.10 bits per heavy atom. The number of nitriles is 1. The van der Waals surface area contributed by atoms with E-state index in [1.54, 1.807) is 0 Å². The van der Waals surface area contributed by atoms with Gasteiger partial charge < -0.3 is 0 Å². The molecule has 3 nitrogen and oxygen atoms in total. The number of thioether (sulfide) groups is 1. The van der Waals surface area contributed by atoms with E-state index in [2.05, 4.69) is 16.0 Å². The molecule has 0 saturated heterocycles. The second-order valence-corrected chi connectivity index (χ2v) is 5.73. The molecule has 0 aliphatic rings. The van der Waals surface area contributed by atoms with Crippen LogP contribution < -0.4 is 0 Å². The number of hydrogen-bond donors (Lipinski definition) is 0. The van der Waals surface area contributed by atoms with Crippen molar-refractivity contribution in [1.29, 1.82) is 5.26 Å². The molecule has 0 atom stereocenters. The van der Waals surface area contributed by atoms with Crippen molar-refractivity contribution < 1.29 is 0 Å². The molecule has 0 aliphatic carbocycles. The van der Waals surface area contributed by atoms with E-state index in [1.165, 1.54) is 11.8 Å². The zero-order valence-electron chi connectivity index (χ0n) is 11.0. The molecule has 0 bridgehead atoms. The molecule has 3 aromatic rings. The van der Waals surface area contributed by atoms with Gasteiger partial charge in [0.2, 0.25) is 0 Å². The van der Waals surface area contributed by atoms with Crippen molar-refractivity contribution in [3.8, 4) is 17.5 Å². The third-order valence-electron chi connectivity index (χ3n) is 2.93. The molecule has 0 saturated carbocycles. The maximum absolute atomic E-state index is 8.80. The van der Waals surface area contributed by atoms with Gasteiger partial charge in [-0.25, -0.2) is 9.97 Å². The minimum atomic E-state index is 0.340. The molecule has 0 aliphatic heterocycles. The monoisotopic (exact) mass is 311 g/mol. The van der Waals surface area contributed by atoms with Gasteiger partial charge in [-0.3, -0.25) is 0 Å². The normalized spacial score (nSPS) is 10.5. The van der Waals surface area contributed by atoms with E-state index >= 15 is 0 Å². The lowest BCUT2D eigenvalue weighted by Gasteiger charge is -2.07.